The lowest BCUT2D eigenvalue weighted by atomic mass is 9.87. The molecule has 1 aromatic heterocycles. The predicted octanol–water partition coefficient (Wildman–Crippen LogP) is 6.54. The molecular weight excluding hydrogens is 495 g/mol. The first-order valence-electron chi connectivity index (χ1n) is 10.2. The van der Waals surface area contributed by atoms with Gasteiger partial charge in [-0.2, -0.15) is 13.2 Å². The summed E-state index contributed by atoms with van der Waals surface area (Å²) in [6.07, 6.45) is -2.68. The minimum absolute atomic E-state index is 0.0346. The average molecular weight is 521 g/mol. The SMILES string of the molecule is CCC(C)(F)F.CS(=O)(=O)Nc1noc2cc(COC3CCC(C(F)(F)F)CC3)c(Cl)cc12. The van der Waals surface area contributed by atoms with Crippen molar-refractivity contribution in [1.29, 1.82) is 0 Å². The van der Waals surface area contributed by atoms with E-state index in [1.807, 2.05) is 0 Å². The topological polar surface area (TPSA) is 81.4 Å². The number of sulfonamides is 1. The number of anilines is 1. The summed E-state index contributed by atoms with van der Waals surface area (Å²) in [5.41, 5.74) is 0.911. The highest BCUT2D eigenvalue weighted by Crippen LogP contribution is 2.38. The Labute approximate surface area is 193 Å². The van der Waals surface area contributed by atoms with Crippen LogP contribution in [0.2, 0.25) is 5.02 Å². The van der Waals surface area contributed by atoms with Gasteiger partial charge in [0, 0.05) is 17.0 Å². The molecule has 2 aromatic rings. The fraction of sp³-hybridized carbons (Fsp3) is 0.650. The van der Waals surface area contributed by atoms with Crippen molar-refractivity contribution in [3.05, 3.63) is 22.7 Å². The molecule has 0 bridgehead atoms. The highest BCUT2D eigenvalue weighted by atomic mass is 35.5. The number of benzene rings is 1. The normalized spacial score (nSPS) is 19.8. The number of rotatable bonds is 6. The molecule has 1 fully saturated rings. The second-order valence-electron chi connectivity index (χ2n) is 8.10. The maximum absolute atomic E-state index is 12.7. The van der Waals surface area contributed by atoms with Crippen molar-refractivity contribution in [3.8, 4) is 0 Å². The second-order valence-corrected chi connectivity index (χ2v) is 10.3. The van der Waals surface area contributed by atoms with Gasteiger partial charge in [-0.3, -0.25) is 4.72 Å². The number of hydrogen-bond donors (Lipinski definition) is 1. The van der Waals surface area contributed by atoms with E-state index in [-0.39, 0.29) is 37.8 Å². The molecule has 0 spiro atoms. The Bertz CT molecular complexity index is 1030. The summed E-state index contributed by atoms with van der Waals surface area (Å²) in [7, 11) is -3.52. The first-order valence-corrected chi connectivity index (χ1v) is 12.5. The van der Waals surface area contributed by atoms with E-state index in [1.165, 1.54) is 13.0 Å². The maximum Gasteiger partial charge on any atom is 0.391 e. The highest BCUT2D eigenvalue weighted by molar-refractivity contribution is 7.92. The van der Waals surface area contributed by atoms with Crippen molar-refractivity contribution in [2.75, 3.05) is 11.0 Å². The van der Waals surface area contributed by atoms with Crippen LogP contribution in [0.25, 0.3) is 11.0 Å². The van der Waals surface area contributed by atoms with Crippen molar-refractivity contribution >= 4 is 38.4 Å². The molecule has 0 aliphatic heterocycles. The molecule has 6 nitrogen and oxygen atoms in total. The van der Waals surface area contributed by atoms with Gasteiger partial charge >= 0.3 is 6.18 Å². The molecule has 13 heteroatoms. The molecule has 188 valence electrons. The zero-order chi connectivity index (χ0) is 25.0. The van der Waals surface area contributed by atoms with Crippen molar-refractivity contribution in [3.63, 3.8) is 0 Å². The monoisotopic (exact) mass is 520 g/mol. The first kappa shape index (κ1) is 27.6. The Morgan fingerprint density at radius 2 is 1.76 bits per heavy atom. The van der Waals surface area contributed by atoms with Gasteiger partial charge in [0.05, 0.1) is 30.3 Å². The molecule has 1 aromatic carbocycles. The Kier molecular flexibility index (Phi) is 8.97. The maximum atomic E-state index is 12.7. The highest BCUT2D eigenvalue weighted by Gasteiger charge is 2.41. The molecule has 0 saturated heterocycles. The Morgan fingerprint density at radius 1 is 1.18 bits per heavy atom. The number of halogens is 6. The predicted molar refractivity (Wildman–Crippen MR) is 115 cm³/mol. The molecule has 1 N–H and O–H groups in total. The number of fused-ring (bicyclic) bond motifs is 1. The third-order valence-corrected chi connectivity index (χ3v) is 6.07. The van der Waals surface area contributed by atoms with E-state index in [0.29, 0.717) is 34.4 Å². The van der Waals surface area contributed by atoms with Crippen LogP contribution in [0.4, 0.5) is 27.8 Å². The molecule has 0 unspecified atom stereocenters. The third kappa shape index (κ3) is 8.90. The molecule has 1 aliphatic carbocycles. The van der Waals surface area contributed by atoms with Crippen molar-refractivity contribution in [2.45, 2.75) is 70.8 Å². The number of nitrogens with one attached hydrogen (secondary N) is 1. The number of hydrogen-bond acceptors (Lipinski definition) is 5. The van der Waals surface area contributed by atoms with Crippen LogP contribution in [-0.4, -0.2) is 38.0 Å². The Balaban J connectivity index is 0.000000569. The number of alkyl halides is 5. The summed E-state index contributed by atoms with van der Waals surface area (Å²) < 4.78 is 96.8. The standard InChI is InChI=1S/C16H18ClF3N2O4S.C4H8F2/c1-27(23,24)22-15-12-7-13(17)9(6-14(12)26-21-15)8-25-11-4-2-10(3-5-11)16(18,19)20;1-3-4(2,5)6/h6-7,10-11H,2-5,8H2,1H3,(H,21,22);3H2,1-2H3. The van der Waals surface area contributed by atoms with E-state index in [2.05, 4.69) is 9.88 Å². The van der Waals surface area contributed by atoms with Crippen LogP contribution in [0.15, 0.2) is 16.7 Å². The van der Waals surface area contributed by atoms with E-state index >= 15 is 0 Å². The van der Waals surface area contributed by atoms with Crippen LogP contribution in [0.3, 0.4) is 0 Å². The van der Waals surface area contributed by atoms with Gasteiger partial charge in [-0.25, -0.2) is 17.2 Å². The lowest BCUT2D eigenvalue weighted by Gasteiger charge is -2.29. The van der Waals surface area contributed by atoms with Crippen LogP contribution in [0.5, 0.6) is 0 Å². The summed E-state index contributed by atoms with van der Waals surface area (Å²) in [5, 5.41) is 4.40. The van der Waals surface area contributed by atoms with Gasteiger partial charge in [-0.15, -0.1) is 0 Å². The largest absolute Gasteiger partial charge is 0.391 e. The lowest BCUT2D eigenvalue weighted by molar-refractivity contribution is -0.188. The Hall–Kier alpha value is -1.66. The van der Waals surface area contributed by atoms with Gasteiger partial charge in [0.2, 0.25) is 15.9 Å². The Morgan fingerprint density at radius 3 is 2.24 bits per heavy atom. The van der Waals surface area contributed by atoms with E-state index < -0.39 is 28.0 Å². The number of aromatic nitrogens is 1. The van der Waals surface area contributed by atoms with Crippen LogP contribution in [-0.2, 0) is 21.4 Å². The smallest absolute Gasteiger partial charge is 0.373 e. The first-order chi connectivity index (χ1) is 15.1. The van der Waals surface area contributed by atoms with Crippen LogP contribution < -0.4 is 4.72 Å². The minimum Gasteiger partial charge on any atom is -0.373 e. The van der Waals surface area contributed by atoms with E-state index in [1.54, 1.807) is 6.07 Å². The van der Waals surface area contributed by atoms with Crippen molar-refractivity contribution in [1.82, 2.24) is 5.16 Å². The molecule has 1 aliphatic rings. The van der Waals surface area contributed by atoms with Gasteiger partial charge < -0.3 is 9.26 Å². The molecule has 1 heterocycles. The minimum atomic E-state index is -4.15. The summed E-state index contributed by atoms with van der Waals surface area (Å²) >= 11 is 6.23. The summed E-state index contributed by atoms with van der Waals surface area (Å²) in [6.45, 7) is 2.48. The average Bonchev–Trinajstić information content (AvgIpc) is 3.05. The van der Waals surface area contributed by atoms with E-state index in [4.69, 9.17) is 20.9 Å². The molecule has 3 rings (SSSR count). The second kappa shape index (κ2) is 10.7. The van der Waals surface area contributed by atoms with Gasteiger partial charge in [0.25, 0.3) is 0 Å². The molecule has 1 saturated carbocycles. The third-order valence-electron chi connectivity index (χ3n) is 5.15. The molecule has 0 radical (unpaired) electrons. The van der Waals surface area contributed by atoms with Crippen LogP contribution >= 0.6 is 11.6 Å². The zero-order valence-corrected chi connectivity index (χ0v) is 19.9. The number of ether oxygens (including phenoxy) is 1. The number of nitrogens with zero attached hydrogens (tertiary/aromatic N) is 1. The van der Waals surface area contributed by atoms with Crippen molar-refractivity contribution in [2.24, 2.45) is 5.92 Å². The molecule has 0 atom stereocenters. The van der Waals surface area contributed by atoms with Gasteiger partial charge in [0.1, 0.15) is 0 Å². The summed E-state index contributed by atoms with van der Waals surface area (Å²) in [6, 6.07) is 3.10. The molecule has 0 amide bonds. The molecule has 33 heavy (non-hydrogen) atoms. The summed E-state index contributed by atoms with van der Waals surface area (Å²) in [4.78, 5) is 0. The van der Waals surface area contributed by atoms with Crippen LogP contribution in [0, 0.1) is 5.92 Å². The van der Waals surface area contributed by atoms with Crippen molar-refractivity contribution < 1.29 is 39.6 Å². The zero-order valence-electron chi connectivity index (χ0n) is 18.3. The lowest BCUT2D eigenvalue weighted by Crippen LogP contribution is -2.30. The quantitative estimate of drug-likeness (QED) is 0.437. The van der Waals surface area contributed by atoms with Gasteiger partial charge in [-0.05, 0) is 44.7 Å². The van der Waals surface area contributed by atoms with E-state index in [9.17, 15) is 30.4 Å². The fourth-order valence-corrected chi connectivity index (χ4v) is 3.84. The molecular formula is C20H26ClF5N2O4S. The summed E-state index contributed by atoms with van der Waals surface area (Å²) in [5.74, 6) is -3.68. The fourth-order valence-electron chi connectivity index (χ4n) is 3.12. The van der Waals surface area contributed by atoms with Gasteiger partial charge in [0.15, 0.2) is 11.4 Å². The van der Waals surface area contributed by atoms with Gasteiger partial charge in [-0.1, -0.05) is 23.7 Å². The van der Waals surface area contributed by atoms with E-state index in [0.717, 1.165) is 13.2 Å². The van der Waals surface area contributed by atoms with Crippen LogP contribution in [0.1, 0.15) is 51.5 Å².